The van der Waals surface area contributed by atoms with Crippen molar-refractivity contribution in [1.29, 1.82) is 5.26 Å². The number of aromatic nitrogens is 4. The van der Waals surface area contributed by atoms with Crippen LogP contribution in [0.15, 0.2) is 6.33 Å². The monoisotopic (exact) mass is 588 g/mol. The zero-order valence-electron chi connectivity index (χ0n) is 18.4. The zero-order chi connectivity index (χ0) is 27.4. The molecule has 0 aliphatic carbocycles. The highest BCUT2D eigenvalue weighted by atomic mass is 31.3. The smallest absolute Gasteiger partial charge is 0.476 e. The molecular formula is C14H19N6O14P3. The number of nitrogens with two attached hydrogens (primary N) is 1. The largest absolute Gasteiger partial charge is 0.490 e. The minimum Gasteiger partial charge on any atom is -0.476 e. The maximum Gasteiger partial charge on any atom is 0.490 e. The van der Waals surface area contributed by atoms with E-state index in [0.717, 1.165) is 10.9 Å². The van der Waals surface area contributed by atoms with Crippen molar-refractivity contribution in [2.75, 3.05) is 25.6 Å². The van der Waals surface area contributed by atoms with Gasteiger partial charge in [0.25, 0.3) is 5.72 Å². The van der Waals surface area contributed by atoms with Crippen LogP contribution in [0.3, 0.4) is 0 Å². The van der Waals surface area contributed by atoms with Crippen LogP contribution in [0.25, 0.3) is 11.2 Å². The van der Waals surface area contributed by atoms with Crippen molar-refractivity contribution in [1.82, 2.24) is 19.5 Å². The number of aliphatic hydroxyl groups excluding tert-OH is 1. The van der Waals surface area contributed by atoms with Crippen LogP contribution in [-0.4, -0.2) is 81.8 Å². The van der Waals surface area contributed by atoms with Crippen LogP contribution in [0.5, 0.6) is 5.88 Å². The SMILES string of the molecule is CCOc1nc(N)nc2c1ncn2[C@]1(C#N)O[C@@]2(COP(=O)(O)OP(=O)(O)OP(=O)(O)O)CO[C@@H]1[C@@H]2O. The molecule has 2 bridgehead atoms. The van der Waals surface area contributed by atoms with Crippen molar-refractivity contribution in [3.8, 4) is 11.9 Å². The van der Waals surface area contributed by atoms with Gasteiger partial charge in [0.05, 0.1) is 19.8 Å². The molecule has 0 amide bonds. The topological polar surface area (TPSA) is 301 Å². The second-order valence-corrected chi connectivity index (χ2v) is 12.0. The first kappa shape index (κ1) is 28.0. The summed E-state index contributed by atoms with van der Waals surface area (Å²) in [5.41, 5.74) is 1.61. The molecule has 0 aromatic carbocycles. The van der Waals surface area contributed by atoms with E-state index < -0.39 is 60.2 Å². The average Bonchev–Trinajstić information content (AvgIpc) is 3.39. The van der Waals surface area contributed by atoms with Crippen LogP contribution in [0, 0.1) is 11.3 Å². The van der Waals surface area contributed by atoms with Crippen molar-refractivity contribution < 1.29 is 65.7 Å². The molecule has 2 unspecified atom stereocenters. The number of imidazole rings is 1. The third kappa shape index (κ3) is 5.15. The molecule has 20 nitrogen and oxygen atoms in total. The first-order valence-corrected chi connectivity index (χ1v) is 14.4. The Balaban J connectivity index is 1.63. The van der Waals surface area contributed by atoms with Crippen LogP contribution in [0.4, 0.5) is 5.95 Å². The van der Waals surface area contributed by atoms with Gasteiger partial charge in [-0.3, -0.25) is 9.09 Å². The lowest BCUT2D eigenvalue weighted by Gasteiger charge is -2.35. The highest BCUT2D eigenvalue weighted by Crippen LogP contribution is 2.66. The van der Waals surface area contributed by atoms with E-state index in [4.69, 9.17) is 29.7 Å². The van der Waals surface area contributed by atoms with E-state index in [-0.39, 0.29) is 29.6 Å². The lowest BCUT2D eigenvalue weighted by molar-refractivity contribution is -0.220. The second-order valence-electron chi connectivity index (χ2n) is 7.62. The van der Waals surface area contributed by atoms with E-state index in [0.29, 0.717) is 0 Å². The highest BCUT2D eigenvalue weighted by Gasteiger charge is 2.71. The summed E-state index contributed by atoms with van der Waals surface area (Å²) in [6, 6.07) is 1.85. The fourth-order valence-electron chi connectivity index (χ4n) is 3.82. The van der Waals surface area contributed by atoms with Gasteiger partial charge in [-0.1, -0.05) is 0 Å². The normalized spacial score (nSPS) is 30.6. The minimum absolute atomic E-state index is 0.00355. The fourth-order valence-corrected chi connectivity index (χ4v) is 6.89. The molecule has 7 N–H and O–H groups in total. The maximum atomic E-state index is 12.2. The molecule has 2 aliphatic heterocycles. The zero-order valence-corrected chi connectivity index (χ0v) is 21.1. The quantitative estimate of drug-likeness (QED) is 0.179. The molecule has 0 radical (unpaired) electrons. The Labute approximate surface area is 205 Å². The van der Waals surface area contributed by atoms with Crippen molar-refractivity contribution in [3.63, 3.8) is 0 Å². The van der Waals surface area contributed by atoms with Crippen LogP contribution in [-0.2, 0) is 42.0 Å². The fraction of sp³-hybridized carbons (Fsp3) is 0.571. The summed E-state index contributed by atoms with van der Waals surface area (Å²) in [5, 5.41) is 20.9. The van der Waals surface area contributed by atoms with E-state index in [1.165, 1.54) is 0 Å². The Morgan fingerprint density at radius 1 is 1.24 bits per heavy atom. The number of phosphoric ester groups is 1. The van der Waals surface area contributed by atoms with Gasteiger partial charge in [-0.25, -0.2) is 18.7 Å². The summed E-state index contributed by atoms with van der Waals surface area (Å²) in [5.74, 6) is -0.235. The van der Waals surface area contributed by atoms with Crippen molar-refractivity contribution in [2.24, 2.45) is 0 Å². The Morgan fingerprint density at radius 3 is 2.57 bits per heavy atom. The lowest BCUT2D eigenvalue weighted by atomic mass is 9.98. The number of hydrogen-bond donors (Lipinski definition) is 6. The van der Waals surface area contributed by atoms with E-state index in [9.17, 15) is 33.9 Å². The number of ether oxygens (including phenoxy) is 3. The number of phosphoric acid groups is 3. The molecule has 6 atom stereocenters. The van der Waals surface area contributed by atoms with E-state index >= 15 is 0 Å². The molecule has 23 heteroatoms. The Kier molecular flexibility index (Phi) is 7.02. The number of nitrogen functional groups attached to an aromatic ring is 1. The number of aliphatic hydroxyl groups is 1. The predicted octanol–water partition coefficient (Wildman–Crippen LogP) is -1.14. The van der Waals surface area contributed by atoms with Gasteiger partial charge in [0, 0.05) is 0 Å². The van der Waals surface area contributed by atoms with Gasteiger partial charge in [-0.05, 0) is 6.92 Å². The Morgan fingerprint density at radius 2 is 1.95 bits per heavy atom. The number of fused-ring (bicyclic) bond motifs is 3. The van der Waals surface area contributed by atoms with Gasteiger partial charge in [0.2, 0.25) is 11.8 Å². The summed E-state index contributed by atoms with van der Waals surface area (Å²) in [6.45, 7) is 0.340. The molecule has 2 saturated heterocycles. The van der Waals surface area contributed by atoms with Crippen molar-refractivity contribution in [3.05, 3.63) is 6.33 Å². The molecule has 2 aromatic heterocycles. The van der Waals surface area contributed by atoms with Gasteiger partial charge in [-0.15, -0.1) is 0 Å². The number of anilines is 1. The van der Waals surface area contributed by atoms with E-state index in [1.54, 1.807) is 6.92 Å². The standard InChI is InChI=1S/C14H19N6O14P3/c1-2-29-11-7-10(18-12(16)19-11)20(6-17-7)14(3-15)9-8(21)13(32-14,4-30-9)5-31-36(25,26)34-37(27,28)33-35(22,23)24/h6,8-9,21H,2,4-5H2,1H3,(H,25,26)(H,27,28)(H2,16,18,19)(H2,22,23,24)/t8-,9+,13+,14+/m0/s1. The molecule has 2 fully saturated rings. The van der Waals surface area contributed by atoms with Gasteiger partial charge in [-0.2, -0.15) is 23.9 Å². The molecular weight excluding hydrogens is 569 g/mol. The summed E-state index contributed by atoms with van der Waals surface area (Å²) >= 11 is 0. The third-order valence-corrected chi connectivity index (χ3v) is 8.93. The first-order valence-electron chi connectivity index (χ1n) is 9.90. The number of hydrogen-bond acceptors (Lipinski definition) is 15. The lowest BCUT2D eigenvalue weighted by Crippen LogP contribution is -2.50. The molecule has 37 heavy (non-hydrogen) atoms. The van der Waals surface area contributed by atoms with Gasteiger partial charge >= 0.3 is 23.5 Å². The Hall–Kier alpha value is -2.07. The van der Waals surface area contributed by atoms with Crippen LogP contribution in [0.1, 0.15) is 6.92 Å². The third-order valence-electron chi connectivity index (χ3n) is 5.15. The number of rotatable bonds is 10. The minimum atomic E-state index is -5.78. The number of nitrogens with zero attached hydrogens (tertiary/aromatic N) is 5. The van der Waals surface area contributed by atoms with Crippen molar-refractivity contribution >= 4 is 40.6 Å². The summed E-state index contributed by atoms with van der Waals surface area (Å²) in [6.07, 6.45) is -1.98. The molecule has 2 aliphatic rings. The highest BCUT2D eigenvalue weighted by molar-refractivity contribution is 7.66. The molecule has 0 saturated carbocycles. The maximum absolute atomic E-state index is 12.2. The summed E-state index contributed by atoms with van der Waals surface area (Å²) < 4.78 is 64.3. The van der Waals surface area contributed by atoms with E-state index in [1.807, 2.05) is 6.07 Å². The molecule has 204 valence electrons. The average molecular weight is 588 g/mol. The first-order chi connectivity index (χ1) is 17.1. The molecule has 0 spiro atoms. The Bertz CT molecular complexity index is 1410. The van der Waals surface area contributed by atoms with Gasteiger partial charge < -0.3 is 44.6 Å². The van der Waals surface area contributed by atoms with Gasteiger partial charge in [0.15, 0.2) is 11.2 Å². The van der Waals surface area contributed by atoms with E-state index in [2.05, 4.69) is 28.1 Å². The molecule has 4 rings (SSSR count). The molecule has 4 heterocycles. The van der Waals surface area contributed by atoms with Crippen LogP contribution < -0.4 is 10.5 Å². The number of nitriles is 1. The van der Waals surface area contributed by atoms with Crippen LogP contribution in [0.2, 0.25) is 0 Å². The van der Waals surface area contributed by atoms with Crippen LogP contribution >= 0.6 is 23.5 Å². The van der Waals surface area contributed by atoms with Gasteiger partial charge in [0.1, 0.15) is 30.2 Å². The summed E-state index contributed by atoms with van der Waals surface area (Å²) in [4.78, 5) is 48.4. The summed E-state index contributed by atoms with van der Waals surface area (Å²) in [7, 11) is -17.0. The predicted molar refractivity (Wildman–Crippen MR) is 114 cm³/mol. The second kappa shape index (κ2) is 9.29. The molecule has 2 aromatic rings. The van der Waals surface area contributed by atoms with Crippen molar-refractivity contribution in [2.45, 2.75) is 30.5 Å².